The van der Waals surface area contributed by atoms with Gasteiger partial charge in [-0.3, -0.25) is 4.79 Å². The predicted molar refractivity (Wildman–Crippen MR) is 118 cm³/mol. The highest BCUT2D eigenvalue weighted by Crippen LogP contribution is 2.38. The Morgan fingerprint density at radius 2 is 1.76 bits per heavy atom. The van der Waals surface area contributed by atoms with Gasteiger partial charge in [-0.25, -0.2) is 0 Å². The molecule has 0 unspecified atom stereocenters. The van der Waals surface area contributed by atoms with Crippen molar-refractivity contribution in [1.82, 2.24) is 5.32 Å². The third-order valence-electron chi connectivity index (χ3n) is 3.85. The Hall–Kier alpha value is -2.42. The number of hydrogen-bond donors (Lipinski definition) is 1. The van der Waals surface area contributed by atoms with Crippen LogP contribution in [0.3, 0.4) is 0 Å². The average Bonchev–Trinajstić information content (AvgIpc) is 3.03. The summed E-state index contributed by atoms with van der Waals surface area (Å²) in [7, 11) is 3.11. The molecule has 0 saturated carbocycles. The van der Waals surface area contributed by atoms with Gasteiger partial charge in [0.2, 0.25) is 0 Å². The first-order valence-electron chi connectivity index (χ1n) is 8.53. The van der Waals surface area contributed by atoms with Gasteiger partial charge in [0.05, 0.1) is 24.1 Å². The van der Waals surface area contributed by atoms with Crippen LogP contribution >= 0.6 is 35.6 Å². The van der Waals surface area contributed by atoms with Crippen LogP contribution in [0.5, 0.6) is 23.0 Å². The SMILES string of the molecule is COc1ccccc1OCCOc1c(Cl)cc(/C=C2\SC(=S)NC2=O)cc1OC. The maximum atomic E-state index is 11.8. The van der Waals surface area contributed by atoms with Gasteiger partial charge in [0.25, 0.3) is 5.91 Å². The lowest BCUT2D eigenvalue weighted by atomic mass is 10.2. The number of ether oxygens (including phenoxy) is 4. The Morgan fingerprint density at radius 1 is 1.07 bits per heavy atom. The molecule has 2 aromatic rings. The lowest BCUT2D eigenvalue weighted by Crippen LogP contribution is -2.17. The number of nitrogens with one attached hydrogen (secondary N) is 1. The second-order valence-electron chi connectivity index (χ2n) is 5.73. The number of thioether (sulfide) groups is 1. The summed E-state index contributed by atoms with van der Waals surface area (Å²) in [5.74, 6) is 1.90. The fraction of sp³-hybridized carbons (Fsp3) is 0.200. The average molecular weight is 452 g/mol. The number of carbonyl (C=O) groups excluding carboxylic acids is 1. The first-order chi connectivity index (χ1) is 14.0. The Kier molecular flexibility index (Phi) is 7.24. The van der Waals surface area contributed by atoms with Crippen LogP contribution in [-0.4, -0.2) is 37.7 Å². The van der Waals surface area contributed by atoms with Crippen LogP contribution in [0.25, 0.3) is 6.08 Å². The van der Waals surface area contributed by atoms with Crippen LogP contribution in [0.15, 0.2) is 41.3 Å². The van der Waals surface area contributed by atoms with E-state index in [4.69, 9.17) is 42.8 Å². The second-order valence-corrected chi connectivity index (χ2v) is 7.86. The van der Waals surface area contributed by atoms with Crippen LogP contribution in [0, 0.1) is 0 Å². The maximum absolute atomic E-state index is 11.8. The smallest absolute Gasteiger partial charge is 0.263 e. The summed E-state index contributed by atoms with van der Waals surface area (Å²) in [4.78, 5) is 12.3. The van der Waals surface area contributed by atoms with Gasteiger partial charge in [-0.05, 0) is 35.9 Å². The number of para-hydroxylation sites is 2. The lowest BCUT2D eigenvalue weighted by Gasteiger charge is -2.14. The number of methoxy groups -OCH3 is 2. The minimum atomic E-state index is -0.232. The Morgan fingerprint density at radius 3 is 2.41 bits per heavy atom. The standard InChI is InChI=1S/C20H18ClNO5S2/c1-24-14-5-3-4-6-15(14)26-7-8-27-18-13(21)9-12(10-16(18)25-2)11-17-19(23)22-20(28)29-17/h3-6,9-11H,7-8H2,1-2H3,(H,22,23,28)/b17-11-. The normalized spacial score (nSPS) is 14.7. The molecule has 2 aromatic carbocycles. The number of rotatable bonds is 8. The largest absolute Gasteiger partial charge is 0.493 e. The quantitative estimate of drug-likeness (QED) is 0.364. The van der Waals surface area contributed by atoms with Crippen molar-refractivity contribution in [2.24, 2.45) is 0 Å². The number of thiocarbonyl (C=S) groups is 1. The van der Waals surface area contributed by atoms with Crippen molar-refractivity contribution in [1.29, 1.82) is 0 Å². The molecule has 29 heavy (non-hydrogen) atoms. The van der Waals surface area contributed by atoms with Gasteiger partial charge in [0.15, 0.2) is 23.0 Å². The van der Waals surface area contributed by atoms with E-state index in [1.165, 1.54) is 18.9 Å². The molecule has 3 rings (SSSR count). The zero-order valence-corrected chi connectivity index (χ0v) is 18.1. The van der Waals surface area contributed by atoms with Gasteiger partial charge in [0.1, 0.15) is 17.5 Å². The van der Waals surface area contributed by atoms with E-state index in [2.05, 4.69) is 5.32 Å². The molecule has 0 radical (unpaired) electrons. The lowest BCUT2D eigenvalue weighted by molar-refractivity contribution is -0.115. The maximum Gasteiger partial charge on any atom is 0.263 e. The van der Waals surface area contributed by atoms with E-state index >= 15 is 0 Å². The number of carbonyl (C=O) groups is 1. The Labute approximate surface area is 183 Å². The fourth-order valence-electron chi connectivity index (χ4n) is 2.57. The van der Waals surface area contributed by atoms with E-state index in [-0.39, 0.29) is 12.5 Å². The summed E-state index contributed by atoms with van der Waals surface area (Å²) in [5.41, 5.74) is 0.701. The molecule has 1 heterocycles. The molecule has 1 fully saturated rings. The predicted octanol–water partition coefficient (Wildman–Crippen LogP) is 4.30. The minimum absolute atomic E-state index is 0.232. The van der Waals surface area contributed by atoms with Crippen molar-refractivity contribution in [3.8, 4) is 23.0 Å². The first-order valence-corrected chi connectivity index (χ1v) is 10.1. The zero-order chi connectivity index (χ0) is 20.8. The van der Waals surface area contributed by atoms with Crippen molar-refractivity contribution in [3.05, 3.63) is 51.9 Å². The van der Waals surface area contributed by atoms with E-state index in [1.54, 1.807) is 25.3 Å². The molecular weight excluding hydrogens is 434 g/mol. The molecule has 1 aliphatic heterocycles. The van der Waals surface area contributed by atoms with Crippen LogP contribution in [0.2, 0.25) is 5.02 Å². The van der Waals surface area contributed by atoms with E-state index in [9.17, 15) is 4.79 Å². The van der Waals surface area contributed by atoms with Crippen molar-refractivity contribution in [2.45, 2.75) is 0 Å². The number of hydrogen-bond acceptors (Lipinski definition) is 7. The van der Waals surface area contributed by atoms with Crippen LogP contribution in [0.4, 0.5) is 0 Å². The van der Waals surface area contributed by atoms with Crippen molar-refractivity contribution in [2.75, 3.05) is 27.4 Å². The van der Waals surface area contributed by atoms with Crippen LogP contribution < -0.4 is 24.3 Å². The van der Waals surface area contributed by atoms with E-state index < -0.39 is 0 Å². The second kappa shape index (κ2) is 9.87. The highest BCUT2D eigenvalue weighted by Gasteiger charge is 2.22. The Bertz CT molecular complexity index is 964. The summed E-state index contributed by atoms with van der Waals surface area (Å²) >= 11 is 12.6. The molecule has 152 valence electrons. The highest BCUT2D eigenvalue weighted by atomic mass is 35.5. The molecule has 1 amide bonds. The highest BCUT2D eigenvalue weighted by molar-refractivity contribution is 8.26. The van der Waals surface area contributed by atoms with Gasteiger partial charge < -0.3 is 24.3 Å². The molecule has 1 N–H and O–H groups in total. The van der Waals surface area contributed by atoms with Crippen molar-refractivity contribution < 1.29 is 23.7 Å². The number of halogens is 1. The van der Waals surface area contributed by atoms with Gasteiger partial charge in [-0.1, -0.05) is 47.7 Å². The molecule has 1 saturated heterocycles. The fourth-order valence-corrected chi connectivity index (χ4v) is 3.89. The van der Waals surface area contributed by atoms with Crippen molar-refractivity contribution in [3.63, 3.8) is 0 Å². The minimum Gasteiger partial charge on any atom is -0.493 e. The van der Waals surface area contributed by atoms with Gasteiger partial charge in [-0.2, -0.15) is 0 Å². The number of benzene rings is 2. The monoisotopic (exact) mass is 451 g/mol. The van der Waals surface area contributed by atoms with E-state index in [0.29, 0.717) is 49.4 Å². The third kappa shape index (κ3) is 5.35. The summed E-state index contributed by atoms with van der Waals surface area (Å²) < 4.78 is 22.5. The molecule has 0 aromatic heterocycles. The molecule has 6 nitrogen and oxygen atoms in total. The summed E-state index contributed by atoms with van der Waals surface area (Å²) in [6.45, 7) is 0.543. The summed E-state index contributed by atoms with van der Waals surface area (Å²) in [6.07, 6.45) is 1.70. The van der Waals surface area contributed by atoms with Crippen LogP contribution in [0.1, 0.15) is 5.56 Å². The molecule has 0 aliphatic carbocycles. The van der Waals surface area contributed by atoms with E-state index in [1.807, 2.05) is 24.3 Å². The molecule has 9 heteroatoms. The molecule has 0 atom stereocenters. The molecular formula is C20H18ClNO5S2. The third-order valence-corrected chi connectivity index (χ3v) is 5.29. The van der Waals surface area contributed by atoms with Gasteiger partial charge >= 0.3 is 0 Å². The summed E-state index contributed by atoms with van der Waals surface area (Å²) in [6, 6.07) is 10.8. The first kappa shape index (κ1) is 21.3. The number of amides is 1. The van der Waals surface area contributed by atoms with Crippen molar-refractivity contribution >= 4 is 51.9 Å². The zero-order valence-electron chi connectivity index (χ0n) is 15.7. The Balaban J connectivity index is 1.67. The molecule has 0 spiro atoms. The topological polar surface area (TPSA) is 66.0 Å². The van der Waals surface area contributed by atoms with Crippen LogP contribution in [-0.2, 0) is 4.79 Å². The van der Waals surface area contributed by atoms with Gasteiger partial charge in [-0.15, -0.1) is 0 Å². The van der Waals surface area contributed by atoms with E-state index in [0.717, 1.165) is 0 Å². The molecule has 0 bridgehead atoms. The van der Waals surface area contributed by atoms with Gasteiger partial charge in [0, 0.05) is 0 Å². The summed E-state index contributed by atoms with van der Waals surface area (Å²) in [5, 5.41) is 2.93. The molecule has 1 aliphatic rings.